The Labute approximate surface area is 163 Å². The fourth-order valence-corrected chi connectivity index (χ4v) is 38.5. The molecule has 1 aliphatic heterocycles. The number of rotatable bonds is 1. The highest BCUT2D eigenvalue weighted by Crippen LogP contribution is 2.52. The van der Waals surface area contributed by atoms with Crippen LogP contribution in [0, 0.1) is 10.8 Å². The third kappa shape index (κ3) is 6.59. The van der Waals surface area contributed by atoms with Crippen molar-refractivity contribution in [3.63, 3.8) is 0 Å². The van der Waals surface area contributed by atoms with E-state index in [0.717, 1.165) is 5.54 Å². The van der Waals surface area contributed by atoms with Crippen molar-refractivity contribution in [2.75, 3.05) is 0 Å². The molecule has 0 radical (unpaired) electrons. The van der Waals surface area contributed by atoms with Crippen molar-refractivity contribution >= 4 is 22.5 Å². The molecule has 1 aliphatic rings. The minimum atomic E-state index is -1.44. The van der Waals surface area contributed by atoms with Crippen molar-refractivity contribution in [3.05, 3.63) is 0 Å². The molecule has 1 fully saturated rings. The molecule has 154 valence electrons. The lowest BCUT2D eigenvalue weighted by Gasteiger charge is -2.61. The minimum absolute atomic E-state index is 0. The van der Waals surface area contributed by atoms with Gasteiger partial charge in [0.1, 0.15) is 0 Å². The van der Waals surface area contributed by atoms with Crippen LogP contribution in [0.15, 0.2) is 0 Å². The first-order valence-corrected chi connectivity index (χ1v) is 21.0. The van der Waals surface area contributed by atoms with Gasteiger partial charge in [0.25, 0.3) is 0 Å². The molecule has 0 saturated carbocycles. The van der Waals surface area contributed by atoms with Crippen LogP contribution >= 0.6 is 0 Å². The van der Waals surface area contributed by atoms with Gasteiger partial charge >= 0.3 is 0 Å². The van der Waals surface area contributed by atoms with Crippen LogP contribution < -0.4 is 6.15 Å². The maximum Gasteiger partial charge on any atom is 0.171 e. The fraction of sp³-hybridized carbons (Fsp3) is 1.00. The molecule has 0 aromatic carbocycles. The topological polar surface area (TPSA) is 44.2 Å². The largest absolute Gasteiger partial charge is 0.418 e. The van der Waals surface area contributed by atoms with Crippen molar-refractivity contribution in [2.24, 2.45) is 10.8 Å². The van der Waals surface area contributed by atoms with Gasteiger partial charge in [0.15, 0.2) is 7.83 Å². The molecule has 0 spiro atoms. The van der Waals surface area contributed by atoms with Gasteiger partial charge < -0.3 is 10.6 Å². The van der Waals surface area contributed by atoms with Crippen molar-refractivity contribution < 1.29 is 4.43 Å². The summed E-state index contributed by atoms with van der Waals surface area (Å²) in [5.74, 6) is 0. The van der Waals surface area contributed by atoms with Gasteiger partial charge in [-0.15, -0.1) is 0 Å². The summed E-state index contributed by atoms with van der Waals surface area (Å²) in [6, 6.07) is 0. The Balaban J connectivity index is 0. The van der Waals surface area contributed by atoms with Crippen LogP contribution in [0.25, 0.3) is 0 Å². The first-order valence-electron chi connectivity index (χ1n) is 9.99. The molecule has 0 bridgehead atoms. The quantitative estimate of drug-likeness (QED) is 0.456. The predicted octanol–water partition coefficient (Wildman–Crippen LogP) is 7.59. The molecule has 1 heterocycles. The molecule has 5 heteroatoms. The third-order valence-electron chi connectivity index (χ3n) is 6.78. The normalized spacial score (nSPS) is 27.6. The summed E-state index contributed by atoms with van der Waals surface area (Å²) in [7, 11) is -3.85. The van der Waals surface area contributed by atoms with Gasteiger partial charge in [0.2, 0.25) is 0 Å². The van der Waals surface area contributed by atoms with Gasteiger partial charge in [-0.2, -0.15) is 0 Å². The standard InChI is InChI=1S/C13H32OSi3.C7H16.H3N/c1-11-12(13(2,3)4)15(5,6)17(9,10)16(7,8)14-11;1-5-6-7(2,3)4;/h11-12H,1-10H3;5-6H2,1-4H3;1H3. The highest BCUT2D eigenvalue weighted by Gasteiger charge is 2.63. The minimum Gasteiger partial charge on any atom is -0.418 e. The summed E-state index contributed by atoms with van der Waals surface area (Å²) < 4.78 is 6.60. The second-order valence-corrected chi connectivity index (χ2v) is 38.9. The molecule has 1 saturated heterocycles. The van der Waals surface area contributed by atoms with Crippen molar-refractivity contribution in [1.82, 2.24) is 6.15 Å². The summed E-state index contributed by atoms with van der Waals surface area (Å²) in [6.07, 6.45) is 3.12. The second kappa shape index (κ2) is 8.72. The van der Waals surface area contributed by atoms with Gasteiger partial charge in [-0.3, -0.25) is 0 Å². The van der Waals surface area contributed by atoms with Crippen molar-refractivity contribution in [3.8, 4) is 0 Å². The smallest absolute Gasteiger partial charge is 0.171 e. The van der Waals surface area contributed by atoms with E-state index in [1.165, 1.54) is 12.8 Å². The Hall–Kier alpha value is 0.571. The molecular weight excluding hydrogens is 354 g/mol. The Morgan fingerprint density at radius 1 is 0.840 bits per heavy atom. The van der Waals surface area contributed by atoms with E-state index in [2.05, 4.69) is 94.7 Å². The van der Waals surface area contributed by atoms with E-state index in [-0.39, 0.29) is 6.15 Å². The SMILES string of the molecule is CC1O[Si](C)(C)[Si](C)(C)[Si](C)(C)C1C(C)(C)C.CCCC(C)(C)C.N. The molecule has 0 aromatic heterocycles. The second-order valence-electron chi connectivity index (χ2n) is 11.8. The Morgan fingerprint density at radius 3 is 1.48 bits per heavy atom. The van der Waals surface area contributed by atoms with E-state index in [4.69, 9.17) is 4.43 Å². The average molecular weight is 406 g/mol. The highest BCUT2D eigenvalue weighted by molar-refractivity contribution is 7.68. The monoisotopic (exact) mass is 405 g/mol. The van der Waals surface area contributed by atoms with Crippen LogP contribution in [0.1, 0.15) is 68.2 Å². The summed E-state index contributed by atoms with van der Waals surface area (Å²) in [5, 5.41) is 0. The molecule has 0 aliphatic carbocycles. The summed E-state index contributed by atoms with van der Waals surface area (Å²) in [4.78, 5) is 0. The third-order valence-corrected chi connectivity index (χ3v) is 48.1. The zero-order valence-electron chi connectivity index (χ0n) is 20.2. The van der Waals surface area contributed by atoms with Crippen LogP contribution in [0.5, 0.6) is 0 Å². The van der Waals surface area contributed by atoms with Gasteiger partial charge in [-0.25, -0.2) is 0 Å². The number of hydrogen-bond donors (Lipinski definition) is 1. The number of hydrogen-bond acceptors (Lipinski definition) is 2. The molecule has 3 N–H and O–H groups in total. The fourth-order valence-electron chi connectivity index (χ4n) is 4.97. The molecule has 0 amide bonds. The Bertz CT molecular complexity index is 406. The van der Waals surface area contributed by atoms with E-state index >= 15 is 0 Å². The van der Waals surface area contributed by atoms with Crippen molar-refractivity contribution in [1.29, 1.82) is 0 Å². The van der Waals surface area contributed by atoms with Crippen LogP contribution in [0.4, 0.5) is 0 Å². The van der Waals surface area contributed by atoms with E-state index in [9.17, 15) is 0 Å². The molecule has 1 rings (SSSR count). The highest BCUT2D eigenvalue weighted by atomic mass is 29.6. The maximum atomic E-state index is 6.60. The Kier molecular flexibility index (Phi) is 9.69. The molecule has 2 atom stereocenters. The van der Waals surface area contributed by atoms with E-state index in [1.54, 1.807) is 0 Å². The van der Waals surface area contributed by atoms with E-state index in [1.807, 2.05) is 0 Å². The average Bonchev–Trinajstić information content (AvgIpc) is 2.22. The van der Waals surface area contributed by atoms with Crippen molar-refractivity contribution in [2.45, 2.75) is 119 Å². The first kappa shape index (κ1) is 27.8. The summed E-state index contributed by atoms with van der Waals surface area (Å²) in [5.41, 5.74) is 1.75. The van der Waals surface area contributed by atoms with Crippen LogP contribution in [-0.4, -0.2) is 28.6 Å². The van der Waals surface area contributed by atoms with E-state index in [0.29, 0.717) is 16.9 Å². The summed E-state index contributed by atoms with van der Waals surface area (Å²) >= 11 is 0. The van der Waals surface area contributed by atoms with Crippen LogP contribution in [0.3, 0.4) is 0 Å². The van der Waals surface area contributed by atoms with Gasteiger partial charge in [-0.05, 0) is 42.8 Å². The lowest BCUT2D eigenvalue weighted by Crippen LogP contribution is -2.79. The van der Waals surface area contributed by atoms with Gasteiger partial charge in [0, 0.05) is 13.7 Å². The van der Waals surface area contributed by atoms with Crippen LogP contribution in [0.2, 0.25) is 44.8 Å². The Morgan fingerprint density at radius 2 is 1.24 bits per heavy atom. The van der Waals surface area contributed by atoms with Gasteiger partial charge in [0.05, 0.1) is 7.11 Å². The lowest BCUT2D eigenvalue weighted by atomic mass is 9.89. The lowest BCUT2D eigenvalue weighted by molar-refractivity contribution is 0.150. The molecule has 25 heavy (non-hydrogen) atoms. The maximum absolute atomic E-state index is 6.60. The molecule has 0 aromatic rings. The van der Waals surface area contributed by atoms with Crippen LogP contribution in [-0.2, 0) is 4.43 Å². The molecular formula is C20H51NOSi3. The van der Waals surface area contributed by atoms with Gasteiger partial charge in [-0.1, -0.05) is 81.1 Å². The predicted molar refractivity (Wildman–Crippen MR) is 126 cm³/mol. The summed E-state index contributed by atoms with van der Waals surface area (Å²) in [6.45, 7) is 34.1. The zero-order chi connectivity index (χ0) is 19.8. The molecule has 2 unspecified atom stereocenters. The van der Waals surface area contributed by atoms with E-state index < -0.39 is 22.5 Å². The zero-order valence-corrected chi connectivity index (χ0v) is 23.2. The molecule has 2 nitrogen and oxygen atoms in total. The first-order chi connectivity index (χ1) is 10.3.